The number of nitrogens with zero attached hydrogens (tertiary/aromatic N) is 2. The molecule has 1 N–H and O–H groups in total. The summed E-state index contributed by atoms with van der Waals surface area (Å²) in [5.74, 6) is 0.332. The number of halogens is 2. The second-order valence-corrected chi connectivity index (χ2v) is 5.85. The summed E-state index contributed by atoms with van der Waals surface area (Å²) < 4.78 is 25.7. The molecule has 1 saturated heterocycles. The Morgan fingerprint density at radius 3 is 2.68 bits per heavy atom. The third-order valence-electron chi connectivity index (χ3n) is 3.30. The van der Waals surface area contributed by atoms with E-state index in [-0.39, 0.29) is 17.7 Å². The normalized spacial score (nSPS) is 15.5. The number of piperidine rings is 1. The van der Waals surface area contributed by atoms with Gasteiger partial charge in [0.15, 0.2) is 11.6 Å². The molecular weight excluding hydrogens is 353 g/mol. The van der Waals surface area contributed by atoms with Crippen LogP contribution in [0.2, 0.25) is 0 Å². The van der Waals surface area contributed by atoms with Crippen molar-refractivity contribution in [3.63, 3.8) is 0 Å². The Morgan fingerprint density at radius 1 is 1.14 bits per heavy atom. The minimum atomic E-state index is -0.464. The zero-order valence-electron chi connectivity index (χ0n) is 11.8. The van der Waals surface area contributed by atoms with Gasteiger partial charge in [0.2, 0.25) is 11.8 Å². The molecule has 0 aliphatic carbocycles. The summed E-state index contributed by atoms with van der Waals surface area (Å²) >= 11 is 3.20. The number of nitrogens with one attached hydrogen (secondary N) is 1. The molecule has 2 aromatic rings. The largest absolute Gasteiger partial charge is 0.474 e. The van der Waals surface area contributed by atoms with Crippen LogP contribution >= 0.6 is 15.9 Å². The number of aromatic nitrogens is 2. The second-order valence-electron chi connectivity index (χ2n) is 4.94. The summed E-state index contributed by atoms with van der Waals surface area (Å²) in [6.07, 6.45) is 3.35. The number of benzene rings is 1. The van der Waals surface area contributed by atoms with Crippen LogP contribution in [0.25, 0.3) is 0 Å². The summed E-state index contributed by atoms with van der Waals surface area (Å²) in [6, 6.07) is 6.15. The number of hydrogen-bond donors (Lipinski definition) is 1. The molecule has 2 heterocycles. The lowest BCUT2D eigenvalue weighted by Crippen LogP contribution is -2.34. The van der Waals surface area contributed by atoms with E-state index in [9.17, 15) is 4.39 Å². The van der Waals surface area contributed by atoms with Crippen LogP contribution in [-0.4, -0.2) is 29.2 Å². The molecule has 1 fully saturated rings. The van der Waals surface area contributed by atoms with Gasteiger partial charge >= 0.3 is 0 Å². The number of ether oxygens (including phenoxy) is 2. The van der Waals surface area contributed by atoms with Crippen LogP contribution in [0.3, 0.4) is 0 Å². The van der Waals surface area contributed by atoms with Gasteiger partial charge in [-0.15, -0.1) is 0 Å². The van der Waals surface area contributed by atoms with E-state index in [0.29, 0.717) is 10.4 Å². The summed E-state index contributed by atoms with van der Waals surface area (Å²) in [4.78, 5) is 8.06. The summed E-state index contributed by atoms with van der Waals surface area (Å²) in [5, 5.41) is 3.27. The molecule has 0 saturated carbocycles. The topological polar surface area (TPSA) is 56.3 Å². The molecule has 116 valence electrons. The minimum absolute atomic E-state index is 0.106. The van der Waals surface area contributed by atoms with Crippen LogP contribution in [0.5, 0.6) is 17.5 Å². The fourth-order valence-corrected chi connectivity index (χ4v) is 2.53. The molecule has 5 nitrogen and oxygen atoms in total. The van der Waals surface area contributed by atoms with E-state index in [4.69, 9.17) is 9.47 Å². The van der Waals surface area contributed by atoms with Crippen molar-refractivity contribution in [2.45, 2.75) is 18.9 Å². The van der Waals surface area contributed by atoms with Crippen molar-refractivity contribution in [1.82, 2.24) is 15.3 Å². The minimum Gasteiger partial charge on any atom is -0.474 e. The van der Waals surface area contributed by atoms with E-state index in [1.54, 1.807) is 12.1 Å². The zero-order chi connectivity index (χ0) is 15.4. The Kier molecular flexibility index (Phi) is 4.84. The lowest BCUT2D eigenvalue weighted by Gasteiger charge is -2.23. The van der Waals surface area contributed by atoms with E-state index >= 15 is 0 Å². The maximum Gasteiger partial charge on any atom is 0.226 e. The van der Waals surface area contributed by atoms with E-state index in [1.165, 1.54) is 18.5 Å². The lowest BCUT2D eigenvalue weighted by molar-refractivity contribution is 0.155. The molecule has 0 radical (unpaired) electrons. The first-order chi connectivity index (χ1) is 10.7. The van der Waals surface area contributed by atoms with Crippen molar-refractivity contribution < 1.29 is 13.9 Å². The highest BCUT2D eigenvalue weighted by atomic mass is 79.9. The van der Waals surface area contributed by atoms with Crippen molar-refractivity contribution in [2.75, 3.05) is 13.1 Å². The zero-order valence-corrected chi connectivity index (χ0v) is 13.3. The van der Waals surface area contributed by atoms with E-state index in [0.717, 1.165) is 25.9 Å². The molecule has 3 rings (SSSR count). The van der Waals surface area contributed by atoms with Gasteiger partial charge in [0, 0.05) is 4.47 Å². The predicted octanol–water partition coefficient (Wildman–Crippen LogP) is 3.30. The van der Waals surface area contributed by atoms with Gasteiger partial charge in [-0.25, -0.2) is 14.4 Å². The molecule has 0 amide bonds. The molecule has 1 aromatic heterocycles. The highest BCUT2D eigenvalue weighted by Crippen LogP contribution is 2.27. The molecule has 1 aliphatic heterocycles. The SMILES string of the molecule is Fc1cc(Br)ccc1Oc1cc(OC2CCNCC2)ncn1. The fraction of sp³-hybridized carbons (Fsp3) is 0.333. The lowest BCUT2D eigenvalue weighted by atomic mass is 10.1. The Balaban J connectivity index is 1.70. The Hall–Kier alpha value is -1.73. The maximum absolute atomic E-state index is 13.8. The maximum atomic E-state index is 13.8. The average Bonchev–Trinajstić information content (AvgIpc) is 2.52. The molecule has 22 heavy (non-hydrogen) atoms. The van der Waals surface area contributed by atoms with Gasteiger partial charge in [-0.2, -0.15) is 0 Å². The molecule has 0 unspecified atom stereocenters. The summed E-state index contributed by atoms with van der Waals surface area (Å²) in [7, 11) is 0. The summed E-state index contributed by atoms with van der Waals surface area (Å²) in [6.45, 7) is 1.87. The van der Waals surface area contributed by atoms with Gasteiger partial charge in [-0.05, 0) is 44.1 Å². The average molecular weight is 368 g/mol. The molecule has 0 bridgehead atoms. The van der Waals surface area contributed by atoms with Crippen LogP contribution in [-0.2, 0) is 0 Å². The predicted molar refractivity (Wildman–Crippen MR) is 82.7 cm³/mol. The Morgan fingerprint density at radius 2 is 1.91 bits per heavy atom. The highest BCUT2D eigenvalue weighted by molar-refractivity contribution is 9.10. The highest BCUT2D eigenvalue weighted by Gasteiger charge is 2.16. The van der Waals surface area contributed by atoms with E-state index in [1.807, 2.05) is 0 Å². The Bertz CT molecular complexity index is 650. The first kappa shape index (κ1) is 15.2. The fourth-order valence-electron chi connectivity index (χ4n) is 2.20. The van der Waals surface area contributed by atoms with Gasteiger partial charge in [-0.1, -0.05) is 15.9 Å². The van der Waals surface area contributed by atoms with Gasteiger partial charge < -0.3 is 14.8 Å². The third kappa shape index (κ3) is 3.92. The van der Waals surface area contributed by atoms with Crippen molar-refractivity contribution in [2.24, 2.45) is 0 Å². The van der Waals surface area contributed by atoms with Crippen LogP contribution in [0.1, 0.15) is 12.8 Å². The molecule has 1 aromatic carbocycles. The Labute approximate surface area is 136 Å². The number of hydrogen-bond acceptors (Lipinski definition) is 5. The molecule has 7 heteroatoms. The van der Waals surface area contributed by atoms with Gasteiger partial charge in [0.05, 0.1) is 6.07 Å². The van der Waals surface area contributed by atoms with Gasteiger partial charge in [-0.3, -0.25) is 0 Å². The van der Waals surface area contributed by atoms with Crippen molar-refractivity contribution >= 4 is 15.9 Å². The van der Waals surface area contributed by atoms with Crippen molar-refractivity contribution in [3.8, 4) is 17.5 Å². The van der Waals surface area contributed by atoms with Crippen molar-refractivity contribution in [1.29, 1.82) is 0 Å². The standard InChI is InChI=1S/C15H15BrFN3O2/c16-10-1-2-13(12(17)7-10)22-15-8-14(19-9-20-15)21-11-3-5-18-6-4-11/h1-2,7-9,11,18H,3-6H2. The molecule has 1 aliphatic rings. The molecule has 0 atom stereocenters. The van der Waals surface area contributed by atoms with Crippen LogP contribution < -0.4 is 14.8 Å². The van der Waals surface area contributed by atoms with Gasteiger partial charge in [0.1, 0.15) is 12.4 Å². The first-order valence-electron chi connectivity index (χ1n) is 7.03. The van der Waals surface area contributed by atoms with E-state index < -0.39 is 5.82 Å². The van der Waals surface area contributed by atoms with Crippen molar-refractivity contribution in [3.05, 3.63) is 40.9 Å². The van der Waals surface area contributed by atoms with Crippen LogP contribution in [0.15, 0.2) is 35.1 Å². The van der Waals surface area contributed by atoms with Gasteiger partial charge in [0.25, 0.3) is 0 Å². The quantitative estimate of drug-likeness (QED) is 0.898. The van der Waals surface area contributed by atoms with Crippen LogP contribution in [0.4, 0.5) is 4.39 Å². The molecule has 0 spiro atoms. The first-order valence-corrected chi connectivity index (χ1v) is 7.82. The third-order valence-corrected chi connectivity index (χ3v) is 3.79. The monoisotopic (exact) mass is 367 g/mol. The smallest absolute Gasteiger partial charge is 0.226 e. The number of rotatable bonds is 4. The molecular formula is C15H15BrFN3O2. The second kappa shape index (κ2) is 7.02. The van der Waals surface area contributed by atoms with Crippen LogP contribution in [0, 0.1) is 5.82 Å². The summed E-state index contributed by atoms with van der Waals surface area (Å²) in [5.41, 5.74) is 0. The van der Waals surface area contributed by atoms with E-state index in [2.05, 4.69) is 31.2 Å².